The number of amides is 1. The Morgan fingerprint density at radius 1 is 1.40 bits per heavy atom. The van der Waals surface area contributed by atoms with Crippen LogP contribution in [0.25, 0.3) is 6.08 Å². The lowest BCUT2D eigenvalue weighted by Crippen LogP contribution is -2.22. The molecule has 4 heteroatoms. The number of hydrogen-bond donors (Lipinski definition) is 0. The predicted molar refractivity (Wildman–Crippen MR) is 54.0 cm³/mol. The molecular weight excluding hydrogens is 197 g/mol. The molecule has 0 saturated carbocycles. The van der Waals surface area contributed by atoms with E-state index in [2.05, 4.69) is 0 Å². The van der Waals surface area contributed by atoms with Crippen LogP contribution in [0.4, 0.5) is 4.48 Å². The van der Waals surface area contributed by atoms with Gasteiger partial charge in [0.2, 0.25) is 6.29 Å². The lowest BCUT2D eigenvalue weighted by Gasteiger charge is -2.02. The first-order valence-electron chi connectivity index (χ1n) is 4.29. The van der Waals surface area contributed by atoms with E-state index >= 15 is 0 Å². The topological polar surface area (TPSA) is 37.4 Å². The van der Waals surface area contributed by atoms with Crippen molar-refractivity contribution in [3.63, 3.8) is 0 Å². The van der Waals surface area contributed by atoms with Crippen LogP contribution in [0.5, 0.6) is 0 Å². The first kappa shape index (κ1) is 11.1. The van der Waals surface area contributed by atoms with Crippen LogP contribution < -0.4 is 0 Å². The maximum absolute atomic E-state index is 12.7. The van der Waals surface area contributed by atoms with Gasteiger partial charge in [0.1, 0.15) is 6.54 Å². The number of halogens is 1. The molecule has 1 aromatic carbocycles. The van der Waals surface area contributed by atoms with Gasteiger partial charge in [-0.3, -0.25) is 9.59 Å². The minimum atomic E-state index is -0.873. The molecule has 77 valence electrons. The van der Waals surface area contributed by atoms with Gasteiger partial charge in [-0.15, -0.1) is 0 Å². The van der Waals surface area contributed by atoms with E-state index in [-0.39, 0.29) is 5.12 Å². The molecule has 0 spiro atoms. The second-order valence-electron chi connectivity index (χ2n) is 2.75. The maximum Gasteiger partial charge on any atom is 0.274 e. The number of carbonyl (C=O) groups is 1. The number of benzene rings is 1. The lowest BCUT2D eigenvalue weighted by atomic mass is 10.2. The van der Waals surface area contributed by atoms with Gasteiger partial charge in [-0.25, -0.2) is 0 Å². The van der Waals surface area contributed by atoms with Crippen molar-refractivity contribution in [3.8, 4) is 0 Å². The third-order valence-corrected chi connectivity index (χ3v) is 1.66. The molecule has 0 aromatic heterocycles. The Kier molecular flexibility index (Phi) is 4.22. The molecule has 0 heterocycles. The van der Waals surface area contributed by atoms with Crippen molar-refractivity contribution >= 4 is 18.3 Å². The van der Waals surface area contributed by atoms with Gasteiger partial charge < -0.3 is 0 Å². The van der Waals surface area contributed by atoms with Gasteiger partial charge in [0.15, 0.2) is 0 Å². The molecule has 1 amide bonds. The largest absolute Gasteiger partial charge is 0.289 e. The zero-order valence-electron chi connectivity index (χ0n) is 7.89. The summed E-state index contributed by atoms with van der Waals surface area (Å²) in [5.74, 6) is -0.873. The second-order valence-corrected chi connectivity index (χ2v) is 2.75. The van der Waals surface area contributed by atoms with E-state index < -0.39 is 12.5 Å². The van der Waals surface area contributed by atoms with Crippen molar-refractivity contribution in [2.45, 2.75) is 0 Å². The van der Waals surface area contributed by atoms with Crippen LogP contribution >= 0.6 is 0 Å². The molecule has 0 aliphatic carbocycles. The Morgan fingerprint density at radius 2 is 2.07 bits per heavy atom. The van der Waals surface area contributed by atoms with Crippen molar-refractivity contribution in [1.82, 2.24) is 5.12 Å². The summed E-state index contributed by atoms with van der Waals surface area (Å²) in [4.78, 5) is 20.8. The minimum absolute atomic E-state index is 0.202. The van der Waals surface area contributed by atoms with Crippen LogP contribution in [0.1, 0.15) is 5.56 Å². The Bertz CT molecular complexity index is 362. The van der Waals surface area contributed by atoms with Crippen molar-refractivity contribution in [3.05, 3.63) is 42.0 Å². The zero-order valence-corrected chi connectivity index (χ0v) is 7.89. The van der Waals surface area contributed by atoms with E-state index in [0.29, 0.717) is 0 Å². The van der Waals surface area contributed by atoms with Crippen molar-refractivity contribution in [2.75, 3.05) is 6.54 Å². The van der Waals surface area contributed by atoms with Gasteiger partial charge in [-0.05, 0) is 11.6 Å². The quantitative estimate of drug-likeness (QED) is 0.553. The molecule has 0 bridgehead atoms. The van der Waals surface area contributed by atoms with Gasteiger partial charge in [0, 0.05) is 6.08 Å². The summed E-state index contributed by atoms with van der Waals surface area (Å²) in [5, 5.41) is -0.202. The average Bonchev–Trinajstić information content (AvgIpc) is 2.27. The third-order valence-electron chi connectivity index (χ3n) is 1.66. The van der Waals surface area contributed by atoms with E-state index in [0.717, 1.165) is 11.6 Å². The third kappa shape index (κ3) is 3.72. The summed E-state index contributed by atoms with van der Waals surface area (Å²) in [7, 11) is 0. The number of rotatable bonds is 4. The standard InChI is InChI=1S/C11H9FNO2/c12-13(8-9-14)11(15)7-6-10-4-2-1-3-5-10/h1-7H,8H2/b7-6+. The van der Waals surface area contributed by atoms with Crippen LogP contribution in [0.3, 0.4) is 0 Å². The SMILES string of the molecule is O=[C]CN(F)C(=O)/C=C/c1ccccc1. The lowest BCUT2D eigenvalue weighted by molar-refractivity contribution is -0.138. The van der Waals surface area contributed by atoms with Gasteiger partial charge in [-0.2, -0.15) is 5.12 Å². The number of nitrogens with zero attached hydrogens (tertiary/aromatic N) is 1. The summed E-state index contributed by atoms with van der Waals surface area (Å²) >= 11 is 0. The highest BCUT2D eigenvalue weighted by Crippen LogP contribution is 2.01. The smallest absolute Gasteiger partial charge is 0.274 e. The summed E-state index contributed by atoms with van der Waals surface area (Å²) in [6.07, 6.45) is 3.83. The van der Waals surface area contributed by atoms with Crippen LogP contribution in [0.2, 0.25) is 0 Å². The monoisotopic (exact) mass is 206 g/mol. The van der Waals surface area contributed by atoms with E-state index in [9.17, 15) is 14.1 Å². The Balaban J connectivity index is 2.58. The van der Waals surface area contributed by atoms with Crippen molar-refractivity contribution in [2.24, 2.45) is 0 Å². The number of hydrogen-bond acceptors (Lipinski definition) is 2. The fraction of sp³-hybridized carbons (Fsp3) is 0.0909. The zero-order chi connectivity index (χ0) is 11.1. The maximum atomic E-state index is 12.7. The van der Waals surface area contributed by atoms with Gasteiger partial charge >= 0.3 is 0 Å². The molecule has 3 nitrogen and oxygen atoms in total. The van der Waals surface area contributed by atoms with Crippen LogP contribution in [0, 0.1) is 0 Å². The first-order chi connectivity index (χ1) is 7.24. The average molecular weight is 206 g/mol. The molecule has 0 fully saturated rings. The van der Waals surface area contributed by atoms with E-state index in [1.807, 2.05) is 6.07 Å². The Hall–Kier alpha value is -1.97. The molecular formula is C11H9FNO2. The van der Waals surface area contributed by atoms with Crippen LogP contribution in [0.15, 0.2) is 36.4 Å². The molecule has 15 heavy (non-hydrogen) atoms. The molecule has 0 unspecified atom stereocenters. The molecule has 1 radical (unpaired) electrons. The molecule has 0 aliphatic heterocycles. The summed E-state index contributed by atoms with van der Waals surface area (Å²) < 4.78 is 12.7. The highest BCUT2D eigenvalue weighted by Gasteiger charge is 2.07. The summed E-state index contributed by atoms with van der Waals surface area (Å²) in [6, 6.07) is 8.99. The molecule has 1 rings (SSSR count). The van der Waals surface area contributed by atoms with Gasteiger partial charge in [-0.1, -0.05) is 34.8 Å². The van der Waals surface area contributed by atoms with E-state index in [4.69, 9.17) is 0 Å². The molecule has 1 aromatic rings. The fourth-order valence-electron chi connectivity index (χ4n) is 0.947. The fourth-order valence-corrected chi connectivity index (χ4v) is 0.947. The van der Waals surface area contributed by atoms with Crippen LogP contribution in [-0.4, -0.2) is 23.9 Å². The molecule has 0 aliphatic rings. The first-order valence-corrected chi connectivity index (χ1v) is 4.29. The highest BCUT2D eigenvalue weighted by molar-refractivity contribution is 5.91. The highest BCUT2D eigenvalue weighted by atomic mass is 19.2. The minimum Gasteiger partial charge on any atom is -0.289 e. The van der Waals surface area contributed by atoms with Gasteiger partial charge in [0.05, 0.1) is 0 Å². The second kappa shape index (κ2) is 5.70. The molecule has 0 saturated heterocycles. The Morgan fingerprint density at radius 3 is 2.67 bits per heavy atom. The predicted octanol–water partition coefficient (Wildman–Crippen LogP) is 1.52. The van der Waals surface area contributed by atoms with E-state index in [1.165, 1.54) is 12.4 Å². The molecule has 0 atom stereocenters. The number of carbonyl (C=O) groups excluding carboxylic acids is 2. The van der Waals surface area contributed by atoms with Gasteiger partial charge in [0.25, 0.3) is 5.91 Å². The van der Waals surface area contributed by atoms with Crippen LogP contribution in [-0.2, 0) is 9.59 Å². The van der Waals surface area contributed by atoms with Crippen molar-refractivity contribution in [1.29, 1.82) is 0 Å². The Labute approximate surface area is 86.8 Å². The normalized spacial score (nSPS) is 10.2. The summed E-state index contributed by atoms with van der Waals surface area (Å²) in [6.45, 7) is -0.669. The van der Waals surface area contributed by atoms with Crippen molar-refractivity contribution < 1.29 is 14.1 Å². The summed E-state index contributed by atoms with van der Waals surface area (Å²) in [5.41, 5.74) is 0.786. The van der Waals surface area contributed by atoms with E-state index in [1.54, 1.807) is 24.3 Å². The molecule has 0 N–H and O–H groups in total.